The minimum atomic E-state index is -5.39. The van der Waals surface area contributed by atoms with Crippen molar-refractivity contribution in [1.82, 2.24) is 0 Å². The molecule has 0 saturated heterocycles. The van der Waals surface area contributed by atoms with Crippen LogP contribution in [0.15, 0.2) is 0 Å². The minimum absolute atomic E-state index is 0. The van der Waals surface area contributed by atoms with Crippen molar-refractivity contribution in [3.05, 3.63) is 0 Å². The Kier molecular flexibility index (Phi) is 207. The number of hydrogen-bond acceptors (Lipinski definition) is 4. The number of phosphoric acid groups is 1. The third kappa shape index (κ3) is 293. The molecule has 0 aromatic carbocycles. The monoisotopic (exact) mass is 254 g/mol. The van der Waals surface area contributed by atoms with Gasteiger partial charge in [-0.2, -0.15) is 7.82 Å². The SMILES string of the molecule is O.O.O.O.O.O=P([O-])([O-])[O-].[Na+].[Na+].[Na+]. The summed E-state index contributed by atoms with van der Waals surface area (Å²) in [6.45, 7) is 0. The molecule has 0 aliphatic heterocycles. The molecule has 0 unspecified atom stereocenters. The predicted octanol–water partition coefficient (Wildman–Crippen LogP) is -15.9. The van der Waals surface area contributed by atoms with E-state index in [1.165, 1.54) is 0 Å². The fourth-order valence-corrected chi connectivity index (χ4v) is 0. The Balaban J connectivity index is -0.00000000286. The molecule has 0 radical (unpaired) electrons. The molecule has 0 aromatic rings. The summed E-state index contributed by atoms with van der Waals surface area (Å²) in [6.07, 6.45) is 0. The van der Waals surface area contributed by atoms with E-state index in [4.69, 9.17) is 19.2 Å². The number of hydrogen-bond donors (Lipinski definition) is 0. The van der Waals surface area contributed by atoms with Gasteiger partial charge in [-0.05, 0) is 0 Å². The van der Waals surface area contributed by atoms with Crippen LogP contribution < -0.4 is 103 Å². The standard InChI is InChI=1S/3Na.H3O4P.5H2O/c;;;1-5(2,3)4;;;;;/h;;;(H3,1,2,3,4);5*1H2/q3*+1;;;;;;/p-3. The summed E-state index contributed by atoms with van der Waals surface area (Å²) in [5.41, 5.74) is 0. The fraction of sp³-hybridized carbons (Fsp3) is 0. The van der Waals surface area contributed by atoms with Crippen LogP contribution in [-0.4, -0.2) is 27.4 Å². The van der Waals surface area contributed by atoms with Crippen LogP contribution >= 0.6 is 7.82 Å². The first-order valence-corrected chi connectivity index (χ1v) is 2.19. The van der Waals surface area contributed by atoms with Gasteiger partial charge in [0, 0.05) is 0 Å². The van der Waals surface area contributed by atoms with Gasteiger partial charge in [0.15, 0.2) is 0 Å². The molecule has 0 heterocycles. The van der Waals surface area contributed by atoms with Gasteiger partial charge >= 0.3 is 88.7 Å². The van der Waals surface area contributed by atoms with Gasteiger partial charge in [0.2, 0.25) is 0 Å². The van der Waals surface area contributed by atoms with E-state index < -0.39 is 7.82 Å². The third-order valence-corrected chi connectivity index (χ3v) is 0. The maximum absolute atomic E-state index is 8.55. The fourth-order valence-electron chi connectivity index (χ4n) is 0. The molecule has 9 nitrogen and oxygen atoms in total. The Bertz CT molecular complexity index is 61.0. The summed E-state index contributed by atoms with van der Waals surface area (Å²) in [6, 6.07) is 0. The Morgan fingerprint density at radius 3 is 0.615 bits per heavy atom. The molecule has 0 aliphatic rings. The smallest absolute Gasteiger partial charge is 0.822 e. The van der Waals surface area contributed by atoms with Gasteiger partial charge in [0.1, 0.15) is 0 Å². The normalized spacial score (nSPS) is 4.54. The Morgan fingerprint density at radius 1 is 0.615 bits per heavy atom. The molecule has 0 amide bonds. The maximum atomic E-state index is 8.55. The zero-order chi connectivity index (χ0) is 4.50. The van der Waals surface area contributed by atoms with Crippen LogP contribution in [0, 0.1) is 0 Å². The topological polar surface area (TPSA) is 244 Å². The van der Waals surface area contributed by atoms with Crippen molar-refractivity contribution in [2.75, 3.05) is 0 Å². The zero-order valence-electron chi connectivity index (χ0n) is 7.58. The Labute approximate surface area is 141 Å². The molecule has 0 aliphatic carbocycles. The van der Waals surface area contributed by atoms with Crippen molar-refractivity contribution in [2.24, 2.45) is 0 Å². The van der Waals surface area contributed by atoms with Gasteiger partial charge < -0.3 is 46.6 Å². The van der Waals surface area contributed by atoms with Gasteiger partial charge in [0.05, 0.1) is 0 Å². The van der Waals surface area contributed by atoms with Gasteiger partial charge in [-0.3, -0.25) is 0 Å². The average molecular weight is 254 g/mol. The molecule has 0 aromatic heterocycles. The van der Waals surface area contributed by atoms with Crippen molar-refractivity contribution < 1.29 is 135 Å². The van der Waals surface area contributed by atoms with Crippen LogP contribution in [0.5, 0.6) is 0 Å². The third-order valence-electron chi connectivity index (χ3n) is 0. The van der Waals surface area contributed by atoms with Gasteiger partial charge in [0.25, 0.3) is 0 Å². The van der Waals surface area contributed by atoms with Crippen molar-refractivity contribution in [3.63, 3.8) is 0 Å². The van der Waals surface area contributed by atoms with Crippen molar-refractivity contribution in [3.8, 4) is 0 Å². The van der Waals surface area contributed by atoms with E-state index in [9.17, 15) is 0 Å². The molecule has 13 heteroatoms. The van der Waals surface area contributed by atoms with Crippen LogP contribution in [0.25, 0.3) is 0 Å². The van der Waals surface area contributed by atoms with Crippen LogP contribution in [0.3, 0.4) is 0 Å². The Hall–Kier alpha value is 2.91. The van der Waals surface area contributed by atoms with E-state index in [0.29, 0.717) is 0 Å². The first kappa shape index (κ1) is 74.1. The van der Waals surface area contributed by atoms with E-state index in [-0.39, 0.29) is 116 Å². The summed E-state index contributed by atoms with van der Waals surface area (Å²) >= 11 is 0. The number of rotatable bonds is 0. The second kappa shape index (κ2) is 36.3. The Morgan fingerprint density at radius 2 is 0.615 bits per heavy atom. The van der Waals surface area contributed by atoms with Crippen LogP contribution in [0.4, 0.5) is 0 Å². The predicted molar refractivity (Wildman–Crippen MR) is 25.7 cm³/mol. The first-order chi connectivity index (χ1) is 2.00. The van der Waals surface area contributed by atoms with Crippen LogP contribution in [0.2, 0.25) is 0 Å². The summed E-state index contributed by atoms with van der Waals surface area (Å²) in [5, 5.41) is 0. The summed E-state index contributed by atoms with van der Waals surface area (Å²) in [5.74, 6) is 0. The van der Waals surface area contributed by atoms with Gasteiger partial charge in [-0.1, -0.05) is 0 Å². The molecule has 72 valence electrons. The van der Waals surface area contributed by atoms with E-state index >= 15 is 0 Å². The largest absolute Gasteiger partial charge is 1.00 e. The molecule has 0 bridgehead atoms. The summed E-state index contributed by atoms with van der Waals surface area (Å²) in [4.78, 5) is 25.6. The molecule has 10 N–H and O–H groups in total. The molecular weight excluding hydrogens is 244 g/mol. The molecule has 13 heavy (non-hydrogen) atoms. The van der Waals surface area contributed by atoms with Crippen LogP contribution in [0.1, 0.15) is 0 Å². The summed E-state index contributed by atoms with van der Waals surface area (Å²) in [7, 11) is -5.39. The van der Waals surface area contributed by atoms with E-state index in [1.807, 2.05) is 0 Å². The van der Waals surface area contributed by atoms with Crippen molar-refractivity contribution >= 4 is 7.82 Å². The zero-order valence-corrected chi connectivity index (χ0v) is 14.5. The van der Waals surface area contributed by atoms with E-state index in [2.05, 4.69) is 0 Å². The second-order valence-electron chi connectivity index (χ2n) is 0.447. The molecular formula is H10Na3O9P. The van der Waals surface area contributed by atoms with E-state index in [0.717, 1.165) is 0 Å². The maximum Gasteiger partial charge on any atom is 1.00 e. The first-order valence-electron chi connectivity index (χ1n) is 0.730. The van der Waals surface area contributed by atoms with Crippen molar-refractivity contribution in [1.29, 1.82) is 0 Å². The minimum Gasteiger partial charge on any atom is -0.822 e. The van der Waals surface area contributed by atoms with Gasteiger partial charge in [-0.25, -0.2) is 0 Å². The molecule has 0 fully saturated rings. The van der Waals surface area contributed by atoms with Crippen LogP contribution in [-0.2, 0) is 4.57 Å². The molecule has 0 spiro atoms. The second-order valence-corrected chi connectivity index (χ2v) is 1.34. The average Bonchev–Trinajstić information content (AvgIpc) is 0.722. The molecule has 0 rings (SSSR count). The molecule has 0 saturated carbocycles. The molecule has 0 atom stereocenters. The van der Waals surface area contributed by atoms with E-state index in [1.54, 1.807) is 0 Å². The summed E-state index contributed by atoms with van der Waals surface area (Å²) < 4.78 is 8.55. The van der Waals surface area contributed by atoms with Gasteiger partial charge in [-0.15, -0.1) is 0 Å². The van der Waals surface area contributed by atoms with Crippen molar-refractivity contribution in [2.45, 2.75) is 0 Å². The quantitative estimate of drug-likeness (QED) is 0.301.